The van der Waals surface area contributed by atoms with Crippen molar-refractivity contribution in [2.75, 3.05) is 19.1 Å². The number of hydrogen-bond donors (Lipinski definition) is 4. The molecular formula is C9H18O4S2. The Kier molecular flexibility index (Phi) is 4.76. The van der Waals surface area contributed by atoms with Gasteiger partial charge in [0.2, 0.25) is 0 Å². The molecule has 1 aliphatic rings. The van der Waals surface area contributed by atoms with Gasteiger partial charge < -0.3 is 20.4 Å². The molecule has 0 heterocycles. The summed E-state index contributed by atoms with van der Waals surface area (Å²) in [6, 6.07) is 0. The normalized spacial score (nSPS) is 40.4. The van der Waals surface area contributed by atoms with Crippen LogP contribution in [0.1, 0.15) is 6.42 Å². The summed E-state index contributed by atoms with van der Waals surface area (Å²) in [6.45, 7) is -0.188. The molecule has 1 saturated carbocycles. The Morgan fingerprint density at radius 1 is 1.13 bits per heavy atom. The van der Waals surface area contributed by atoms with Gasteiger partial charge in [-0.2, -0.15) is 0 Å². The highest BCUT2D eigenvalue weighted by Crippen LogP contribution is 2.49. The number of aliphatic hydroxyl groups is 4. The molecule has 6 heteroatoms. The van der Waals surface area contributed by atoms with Crippen LogP contribution in [0.3, 0.4) is 0 Å². The summed E-state index contributed by atoms with van der Waals surface area (Å²) in [5, 5.41) is 38.3. The molecule has 0 bridgehead atoms. The van der Waals surface area contributed by atoms with E-state index in [1.807, 2.05) is 12.5 Å². The number of rotatable bonds is 3. The molecule has 0 amide bonds. The predicted octanol–water partition coefficient (Wildman–Crippen LogP) is -0.496. The van der Waals surface area contributed by atoms with Gasteiger partial charge in [-0.3, -0.25) is 0 Å². The Hall–Kier alpha value is 0.540. The minimum absolute atomic E-state index is 0.188. The fraction of sp³-hybridized carbons (Fsp3) is 1.00. The maximum absolute atomic E-state index is 9.81. The average molecular weight is 254 g/mol. The summed E-state index contributed by atoms with van der Waals surface area (Å²) in [5.41, 5.74) is 0. The van der Waals surface area contributed by atoms with Gasteiger partial charge >= 0.3 is 0 Å². The molecule has 4 atom stereocenters. The second-order valence-corrected chi connectivity index (χ2v) is 6.29. The Bertz CT molecular complexity index is 210. The summed E-state index contributed by atoms with van der Waals surface area (Å²) >= 11 is 3.01. The molecule has 4 nitrogen and oxygen atoms in total. The second kappa shape index (κ2) is 5.25. The number of aliphatic hydroxyl groups excluding tert-OH is 4. The van der Waals surface area contributed by atoms with E-state index < -0.39 is 28.3 Å². The van der Waals surface area contributed by atoms with Crippen molar-refractivity contribution < 1.29 is 20.4 Å². The van der Waals surface area contributed by atoms with Crippen molar-refractivity contribution in [1.29, 1.82) is 0 Å². The van der Waals surface area contributed by atoms with Crippen molar-refractivity contribution >= 4 is 23.5 Å². The fourth-order valence-corrected chi connectivity index (χ4v) is 4.46. The van der Waals surface area contributed by atoms with Crippen LogP contribution in [-0.4, -0.2) is 61.9 Å². The lowest BCUT2D eigenvalue weighted by atomic mass is 9.82. The van der Waals surface area contributed by atoms with Crippen LogP contribution in [0, 0.1) is 5.92 Å². The maximum atomic E-state index is 9.81. The largest absolute Gasteiger partial charge is 0.396 e. The monoisotopic (exact) mass is 254 g/mol. The van der Waals surface area contributed by atoms with Gasteiger partial charge in [0.1, 0.15) is 6.10 Å². The Balaban J connectivity index is 2.95. The van der Waals surface area contributed by atoms with Crippen LogP contribution in [0.15, 0.2) is 0 Å². The zero-order valence-corrected chi connectivity index (χ0v) is 10.5. The minimum atomic E-state index is -1.16. The lowest BCUT2D eigenvalue weighted by Gasteiger charge is -2.47. The van der Waals surface area contributed by atoms with Crippen LogP contribution in [0.5, 0.6) is 0 Å². The van der Waals surface area contributed by atoms with E-state index in [0.717, 1.165) is 0 Å². The van der Waals surface area contributed by atoms with Crippen molar-refractivity contribution in [2.24, 2.45) is 5.92 Å². The highest BCUT2D eigenvalue weighted by Gasteiger charge is 2.51. The SMILES string of the molecule is CSC1(SC)C[C@@H](O)[C@@H](O)[C@H](O)[C@@H]1CO. The first-order valence-electron chi connectivity index (χ1n) is 4.77. The average Bonchev–Trinajstić information content (AvgIpc) is 2.25. The molecule has 0 saturated heterocycles. The van der Waals surface area contributed by atoms with Crippen LogP contribution in [0.2, 0.25) is 0 Å². The van der Waals surface area contributed by atoms with Crippen molar-refractivity contribution in [3.63, 3.8) is 0 Å². The maximum Gasteiger partial charge on any atom is 0.106 e. The second-order valence-electron chi connectivity index (χ2n) is 3.76. The molecule has 0 aromatic carbocycles. The highest BCUT2D eigenvalue weighted by atomic mass is 32.2. The first-order chi connectivity index (χ1) is 7.02. The molecule has 90 valence electrons. The smallest absolute Gasteiger partial charge is 0.106 e. The van der Waals surface area contributed by atoms with E-state index in [1.165, 1.54) is 23.5 Å². The van der Waals surface area contributed by atoms with E-state index >= 15 is 0 Å². The van der Waals surface area contributed by atoms with E-state index in [9.17, 15) is 20.4 Å². The first-order valence-corrected chi connectivity index (χ1v) is 7.22. The first kappa shape index (κ1) is 13.6. The minimum Gasteiger partial charge on any atom is -0.396 e. The quantitative estimate of drug-likeness (QED) is 0.509. The summed E-state index contributed by atoms with van der Waals surface area (Å²) in [4.78, 5) is 0. The lowest BCUT2D eigenvalue weighted by Crippen LogP contribution is -2.57. The van der Waals surface area contributed by atoms with Gasteiger partial charge in [0.15, 0.2) is 0 Å². The van der Waals surface area contributed by atoms with Crippen molar-refractivity contribution in [3.8, 4) is 0 Å². The standard InChI is InChI=1S/C9H18O4S2/c1-14-9(15-2)3-6(11)8(13)7(12)5(9)4-10/h5-8,10-13H,3-4H2,1-2H3/t5-,6+,7+,8+/m0/s1. The zero-order chi connectivity index (χ0) is 11.6. The molecule has 15 heavy (non-hydrogen) atoms. The molecule has 1 rings (SSSR count). The molecule has 0 aromatic heterocycles. The predicted molar refractivity (Wildman–Crippen MR) is 63.0 cm³/mol. The van der Waals surface area contributed by atoms with Crippen LogP contribution < -0.4 is 0 Å². The molecule has 4 N–H and O–H groups in total. The van der Waals surface area contributed by atoms with Gasteiger partial charge in [-0.1, -0.05) is 0 Å². The summed E-state index contributed by atoms with van der Waals surface area (Å²) in [7, 11) is 0. The molecule has 0 aromatic rings. The topological polar surface area (TPSA) is 80.9 Å². The van der Waals surface area contributed by atoms with Crippen molar-refractivity contribution in [1.82, 2.24) is 0 Å². The third-order valence-corrected chi connectivity index (χ3v) is 6.42. The van der Waals surface area contributed by atoms with Crippen LogP contribution >= 0.6 is 23.5 Å². The van der Waals surface area contributed by atoms with Crippen LogP contribution in [-0.2, 0) is 0 Å². The summed E-state index contributed by atoms with van der Waals surface area (Å²) < 4.78 is -0.424. The Labute approximate surface area is 98.1 Å². The third kappa shape index (κ3) is 2.30. The molecule has 0 aliphatic heterocycles. The molecule has 0 spiro atoms. The van der Waals surface area contributed by atoms with Crippen molar-refractivity contribution in [2.45, 2.75) is 28.8 Å². The Morgan fingerprint density at radius 2 is 1.67 bits per heavy atom. The van der Waals surface area contributed by atoms with Crippen LogP contribution in [0.4, 0.5) is 0 Å². The molecule has 1 aliphatic carbocycles. The van der Waals surface area contributed by atoms with E-state index in [1.54, 1.807) is 0 Å². The van der Waals surface area contributed by atoms with Gasteiger partial charge in [0.25, 0.3) is 0 Å². The van der Waals surface area contributed by atoms with Crippen molar-refractivity contribution in [3.05, 3.63) is 0 Å². The number of thioether (sulfide) groups is 2. The zero-order valence-electron chi connectivity index (χ0n) is 8.83. The molecule has 0 radical (unpaired) electrons. The van der Waals surface area contributed by atoms with E-state index in [4.69, 9.17) is 0 Å². The summed E-state index contributed by atoms with van der Waals surface area (Å²) in [6.07, 6.45) is 0.988. The highest BCUT2D eigenvalue weighted by molar-refractivity contribution is 8.17. The fourth-order valence-electron chi connectivity index (χ4n) is 2.09. The van der Waals surface area contributed by atoms with E-state index in [0.29, 0.717) is 6.42 Å². The third-order valence-electron chi connectivity index (χ3n) is 3.10. The molecular weight excluding hydrogens is 236 g/mol. The number of hydrogen-bond acceptors (Lipinski definition) is 6. The van der Waals surface area contributed by atoms with Gasteiger partial charge in [0.05, 0.1) is 22.9 Å². The van der Waals surface area contributed by atoms with E-state index in [2.05, 4.69) is 0 Å². The van der Waals surface area contributed by atoms with Gasteiger partial charge in [-0.05, 0) is 12.5 Å². The van der Waals surface area contributed by atoms with E-state index in [-0.39, 0.29) is 6.61 Å². The van der Waals surface area contributed by atoms with Gasteiger partial charge in [-0.25, -0.2) is 0 Å². The lowest BCUT2D eigenvalue weighted by molar-refractivity contribution is -0.119. The van der Waals surface area contributed by atoms with Gasteiger partial charge in [0, 0.05) is 12.3 Å². The Morgan fingerprint density at radius 3 is 2.07 bits per heavy atom. The van der Waals surface area contributed by atoms with Crippen LogP contribution in [0.25, 0.3) is 0 Å². The summed E-state index contributed by atoms with van der Waals surface area (Å²) in [5.74, 6) is -0.416. The molecule has 0 unspecified atom stereocenters. The van der Waals surface area contributed by atoms with Gasteiger partial charge in [-0.15, -0.1) is 23.5 Å². The molecule has 1 fully saturated rings.